The second kappa shape index (κ2) is 6.76. The first kappa shape index (κ1) is 14.9. The van der Waals surface area contributed by atoms with Crippen molar-refractivity contribution in [1.29, 1.82) is 0 Å². The van der Waals surface area contributed by atoms with Gasteiger partial charge in [-0.15, -0.1) is 0 Å². The lowest BCUT2D eigenvalue weighted by atomic mass is 10.0. The Balaban J connectivity index is 2.11. The number of piperidine rings is 1. The molecule has 2 rings (SSSR count). The molecule has 1 saturated heterocycles. The van der Waals surface area contributed by atoms with Gasteiger partial charge in [0.05, 0.1) is 6.54 Å². The third-order valence-electron chi connectivity index (χ3n) is 3.49. The molecule has 1 aliphatic heterocycles. The van der Waals surface area contributed by atoms with Crippen LogP contribution in [-0.2, 0) is 11.3 Å². The number of halogens is 2. The quantitative estimate of drug-likeness (QED) is 0.848. The number of hydrogen-bond acceptors (Lipinski definition) is 3. The maximum atomic E-state index is 13.2. The minimum absolute atomic E-state index is 0.1000. The van der Waals surface area contributed by atoms with Gasteiger partial charge in [-0.3, -0.25) is 9.69 Å². The second-order valence-corrected chi connectivity index (χ2v) is 5.13. The average molecular weight is 283 g/mol. The molecule has 110 valence electrons. The molecular formula is C14H19F2N3O. The summed E-state index contributed by atoms with van der Waals surface area (Å²) in [6, 6.07) is 3.62. The zero-order chi connectivity index (χ0) is 14.5. The number of nitrogens with two attached hydrogens (primary N) is 1. The normalized spacial score (nSPS) is 16.6. The number of nitrogens with one attached hydrogen (secondary N) is 1. The van der Waals surface area contributed by atoms with Crippen LogP contribution in [0.3, 0.4) is 0 Å². The summed E-state index contributed by atoms with van der Waals surface area (Å²) in [7, 11) is 0. The molecule has 0 aromatic heterocycles. The molecule has 20 heavy (non-hydrogen) atoms. The van der Waals surface area contributed by atoms with Gasteiger partial charge in [-0.05, 0) is 43.6 Å². The number of nitrogens with zero attached hydrogens (tertiary/aromatic N) is 1. The Bertz CT molecular complexity index is 455. The van der Waals surface area contributed by atoms with Crippen LogP contribution in [0.1, 0.15) is 18.4 Å². The first-order chi connectivity index (χ1) is 9.54. The van der Waals surface area contributed by atoms with Crippen molar-refractivity contribution in [3.8, 4) is 0 Å². The van der Waals surface area contributed by atoms with Crippen molar-refractivity contribution in [3.63, 3.8) is 0 Å². The summed E-state index contributed by atoms with van der Waals surface area (Å²) in [5, 5.41) is 3.24. The van der Waals surface area contributed by atoms with Crippen molar-refractivity contribution in [2.45, 2.75) is 25.4 Å². The van der Waals surface area contributed by atoms with Gasteiger partial charge in [0, 0.05) is 18.7 Å². The van der Waals surface area contributed by atoms with E-state index < -0.39 is 17.5 Å². The average Bonchev–Trinajstić information content (AvgIpc) is 2.37. The maximum Gasteiger partial charge on any atom is 0.231 e. The van der Waals surface area contributed by atoms with Gasteiger partial charge in [-0.2, -0.15) is 0 Å². The van der Waals surface area contributed by atoms with Crippen molar-refractivity contribution in [2.75, 3.05) is 19.6 Å². The van der Waals surface area contributed by atoms with Crippen LogP contribution in [-0.4, -0.2) is 36.5 Å². The first-order valence-electron chi connectivity index (χ1n) is 6.72. The molecular weight excluding hydrogens is 264 g/mol. The zero-order valence-electron chi connectivity index (χ0n) is 11.2. The molecule has 1 aromatic rings. The fraction of sp³-hybridized carbons (Fsp3) is 0.500. The number of carbonyl (C=O) groups is 1. The molecule has 6 heteroatoms. The lowest BCUT2D eigenvalue weighted by molar-refractivity contribution is -0.120. The highest BCUT2D eigenvalue weighted by Crippen LogP contribution is 2.17. The van der Waals surface area contributed by atoms with Crippen LogP contribution in [0.5, 0.6) is 0 Å². The second-order valence-electron chi connectivity index (χ2n) is 5.13. The fourth-order valence-corrected chi connectivity index (χ4v) is 2.62. The number of carbonyl (C=O) groups excluding carboxylic acids is 1. The summed E-state index contributed by atoms with van der Waals surface area (Å²) in [5.74, 6) is -1.64. The smallest absolute Gasteiger partial charge is 0.231 e. The molecule has 0 atom stereocenters. The Kier molecular flexibility index (Phi) is 5.03. The topological polar surface area (TPSA) is 58.4 Å². The minimum Gasteiger partial charge on any atom is -0.369 e. The molecule has 1 amide bonds. The molecule has 0 aliphatic carbocycles. The summed E-state index contributed by atoms with van der Waals surface area (Å²) >= 11 is 0. The van der Waals surface area contributed by atoms with Gasteiger partial charge in [0.15, 0.2) is 0 Å². The van der Waals surface area contributed by atoms with E-state index in [1.807, 2.05) is 4.90 Å². The molecule has 0 unspecified atom stereocenters. The molecule has 1 aliphatic rings. The van der Waals surface area contributed by atoms with Crippen LogP contribution in [0.15, 0.2) is 18.2 Å². The first-order valence-corrected chi connectivity index (χ1v) is 6.72. The third kappa shape index (κ3) is 4.25. The third-order valence-corrected chi connectivity index (χ3v) is 3.49. The Hall–Kier alpha value is -1.53. The van der Waals surface area contributed by atoms with Crippen LogP contribution in [0, 0.1) is 11.6 Å². The molecule has 3 N–H and O–H groups in total. The van der Waals surface area contributed by atoms with Crippen LogP contribution < -0.4 is 11.1 Å². The maximum absolute atomic E-state index is 13.2. The largest absolute Gasteiger partial charge is 0.369 e. The van der Waals surface area contributed by atoms with Gasteiger partial charge in [-0.25, -0.2) is 8.78 Å². The van der Waals surface area contributed by atoms with Gasteiger partial charge < -0.3 is 11.1 Å². The van der Waals surface area contributed by atoms with Crippen LogP contribution >= 0.6 is 0 Å². The highest BCUT2D eigenvalue weighted by Gasteiger charge is 2.22. The van der Waals surface area contributed by atoms with E-state index in [4.69, 9.17) is 5.73 Å². The van der Waals surface area contributed by atoms with Crippen molar-refractivity contribution >= 4 is 5.91 Å². The van der Waals surface area contributed by atoms with Gasteiger partial charge in [0.25, 0.3) is 0 Å². The predicted molar refractivity (Wildman–Crippen MR) is 71.9 cm³/mol. The van der Waals surface area contributed by atoms with E-state index in [0.29, 0.717) is 12.1 Å². The zero-order valence-corrected chi connectivity index (χ0v) is 11.2. The number of primary amides is 1. The minimum atomic E-state index is -0.607. The van der Waals surface area contributed by atoms with Crippen LogP contribution in [0.2, 0.25) is 0 Å². The van der Waals surface area contributed by atoms with E-state index in [-0.39, 0.29) is 12.6 Å². The molecule has 0 bridgehead atoms. The standard InChI is InChI=1S/C14H19F2N3O/c15-11-5-10(6-12(16)7-11)8-19(9-14(17)20)13-1-3-18-4-2-13/h5-7,13,18H,1-4,8-9H2,(H2,17,20). The lowest BCUT2D eigenvalue weighted by Crippen LogP contribution is -2.46. The SMILES string of the molecule is NC(=O)CN(Cc1cc(F)cc(F)c1)C1CCNCC1. The van der Waals surface area contributed by atoms with Crippen molar-refractivity contribution in [3.05, 3.63) is 35.4 Å². The van der Waals surface area contributed by atoms with E-state index in [0.717, 1.165) is 32.0 Å². The molecule has 1 aromatic carbocycles. The summed E-state index contributed by atoms with van der Waals surface area (Å²) in [4.78, 5) is 13.1. The molecule has 0 saturated carbocycles. The fourth-order valence-electron chi connectivity index (χ4n) is 2.62. The van der Waals surface area contributed by atoms with Crippen molar-refractivity contribution < 1.29 is 13.6 Å². The van der Waals surface area contributed by atoms with E-state index in [1.54, 1.807) is 0 Å². The number of hydrogen-bond donors (Lipinski definition) is 2. The number of amides is 1. The highest BCUT2D eigenvalue weighted by molar-refractivity contribution is 5.75. The Morgan fingerprint density at radius 1 is 1.25 bits per heavy atom. The number of rotatable bonds is 5. The monoisotopic (exact) mass is 283 g/mol. The van der Waals surface area contributed by atoms with Gasteiger partial charge >= 0.3 is 0 Å². The van der Waals surface area contributed by atoms with E-state index in [9.17, 15) is 13.6 Å². The van der Waals surface area contributed by atoms with Crippen LogP contribution in [0.4, 0.5) is 8.78 Å². The Morgan fingerprint density at radius 3 is 2.40 bits per heavy atom. The van der Waals surface area contributed by atoms with Crippen molar-refractivity contribution in [2.24, 2.45) is 5.73 Å². The summed E-state index contributed by atoms with van der Waals surface area (Å²) < 4.78 is 26.4. The number of benzene rings is 1. The molecule has 0 radical (unpaired) electrons. The van der Waals surface area contributed by atoms with E-state index in [1.165, 1.54) is 12.1 Å². The summed E-state index contributed by atoms with van der Waals surface area (Å²) in [5.41, 5.74) is 5.79. The molecule has 1 fully saturated rings. The van der Waals surface area contributed by atoms with Gasteiger partial charge in [0.2, 0.25) is 5.91 Å². The van der Waals surface area contributed by atoms with E-state index in [2.05, 4.69) is 5.32 Å². The Morgan fingerprint density at radius 2 is 1.85 bits per heavy atom. The predicted octanol–water partition coefficient (Wildman–Crippen LogP) is 1.00. The Labute approximate surface area is 116 Å². The van der Waals surface area contributed by atoms with Crippen molar-refractivity contribution in [1.82, 2.24) is 10.2 Å². The molecule has 1 heterocycles. The van der Waals surface area contributed by atoms with Gasteiger partial charge in [0.1, 0.15) is 11.6 Å². The van der Waals surface area contributed by atoms with Crippen LogP contribution in [0.25, 0.3) is 0 Å². The molecule has 4 nitrogen and oxygen atoms in total. The van der Waals surface area contributed by atoms with E-state index >= 15 is 0 Å². The summed E-state index contributed by atoms with van der Waals surface area (Å²) in [6.45, 7) is 2.17. The highest BCUT2D eigenvalue weighted by atomic mass is 19.1. The lowest BCUT2D eigenvalue weighted by Gasteiger charge is -2.33. The summed E-state index contributed by atoms with van der Waals surface area (Å²) in [6.07, 6.45) is 1.79. The molecule has 0 spiro atoms. The van der Waals surface area contributed by atoms with Gasteiger partial charge in [-0.1, -0.05) is 0 Å².